The Balaban J connectivity index is 1.13. The number of nitrogens with zero attached hydrogens (tertiary/aromatic N) is 3. The molecule has 3 heterocycles. The number of thioether (sulfide) groups is 1. The lowest BCUT2D eigenvalue weighted by molar-refractivity contribution is 1.01. The van der Waals surface area contributed by atoms with E-state index in [0.29, 0.717) is 5.95 Å². The predicted octanol–water partition coefficient (Wildman–Crippen LogP) is 12.1. The molecule has 3 nitrogen and oxygen atoms in total. The van der Waals surface area contributed by atoms with Crippen LogP contribution in [0.5, 0.6) is 0 Å². The molecule has 0 saturated heterocycles. The van der Waals surface area contributed by atoms with Crippen molar-refractivity contribution >= 4 is 60.1 Å². The van der Waals surface area contributed by atoms with Gasteiger partial charge < -0.3 is 0 Å². The van der Waals surface area contributed by atoms with E-state index < -0.39 is 0 Å². The molecule has 10 rings (SSSR count). The molecule has 0 radical (unpaired) electrons. The van der Waals surface area contributed by atoms with E-state index in [1.54, 1.807) is 11.8 Å². The first kappa shape index (κ1) is 28.8. The number of para-hydroxylation sites is 2. The van der Waals surface area contributed by atoms with Crippen molar-refractivity contribution in [3.63, 3.8) is 0 Å². The minimum absolute atomic E-state index is 0.669. The average molecular weight is 656 g/mol. The lowest BCUT2D eigenvalue weighted by Crippen LogP contribution is -2.03. The molecule has 1 aliphatic rings. The van der Waals surface area contributed by atoms with Crippen molar-refractivity contribution in [3.8, 4) is 28.3 Å². The van der Waals surface area contributed by atoms with E-state index in [1.807, 2.05) is 0 Å². The molecule has 50 heavy (non-hydrogen) atoms. The summed E-state index contributed by atoms with van der Waals surface area (Å²) in [6, 6.07) is 56.1. The minimum atomic E-state index is 0.669. The van der Waals surface area contributed by atoms with Crippen molar-refractivity contribution in [2.45, 2.75) is 11.3 Å². The Hall–Kier alpha value is -6.19. The van der Waals surface area contributed by atoms with Crippen molar-refractivity contribution in [1.82, 2.24) is 14.5 Å². The van der Waals surface area contributed by atoms with E-state index in [9.17, 15) is 0 Å². The Labute approximate surface area is 293 Å². The van der Waals surface area contributed by atoms with E-state index in [0.717, 1.165) is 44.5 Å². The molecule has 0 N–H and O–H groups in total. The van der Waals surface area contributed by atoms with Gasteiger partial charge >= 0.3 is 0 Å². The fraction of sp³-hybridized carbons (Fsp3) is 0.0217. The van der Waals surface area contributed by atoms with Crippen molar-refractivity contribution in [2.75, 3.05) is 0 Å². The first-order valence-corrected chi connectivity index (χ1v) is 17.7. The maximum absolute atomic E-state index is 5.37. The third-order valence-electron chi connectivity index (χ3n) is 9.71. The standard InChI is InChI=1S/C46H29N3S/c1-2-13-32(14-3-1)43-23-11-16-34-28-42-39(29-44(34)50-43)37-18-7-9-22-41(37)49(42)46-47-40-21-8-6-19-38(40)45(48-46)33-26-24-31(25-27-33)36-20-10-15-30-12-4-5-17-35(30)36/h1-15,17-22,24-29H,16H2. The highest BCUT2D eigenvalue weighted by atomic mass is 32.2. The molecular weight excluding hydrogens is 627 g/mol. The van der Waals surface area contributed by atoms with Gasteiger partial charge in [-0.1, -0.05) is 145 Å². The second-order valence-corrected chi connectivity index (χ2v) is 13.7. The highest BCUT2D eigenvalue weighted by molar-refractivity contribution is 8.08. The summed E-state index contributed by atoms with van der Waals surface area (Å²) in [6.07, 6.45) is 2.97. The molecule has 0 spiro atoms. The van der Waals surface area contributed by atoms with Crippen LogP contribution < -0.4 is 0 Å². The topological polar surface area (TPSA) is 30.7 Å². The van der Waals surface area contributed by atoms with Crippen LogP contribution in [0.3, 0.4) is 0 Å². The van der Waals surface area contributed by atoms with Gasteiger partial charge in [0.05, 0.1) is 27.1 Å². The minimum Gasteiger partial charge on any atom is -0.278 e. The van der Waals surface area contributed by atoms with Gasteiger partial charge in [0.2, 0.25) is 5.95 Å². The summed E-state index contributed by atoms with van der Waals surface area (Å²) in [6.45, 7) is 0. The molecule has 234 valence electrons. The zero-order valence-electron chi connectivity index (χ0n) is 27.0. The highest BCUT2D eigenvalue weighted by Crippen LogP contribution is 2.42. The van der Waals surface area contributed by atoms with Gasteiger partial charge in [-0.2, -0.15) is 0 Å². The van der Waals surface area contributed by atoms with Gasteiger partial charge in [-0.25, -0.2) is 9.97 Å². The van der Waals surface area contributed by atoms with Crippen molar-refractivity contribution in [1.29, 1.82) is 0 Å². The van der Waals surface area contributed by atoms with E-state index >= 15 is 0 Å². The van der Waals surface area contributed by atoms with Gasteiger partial charge in [0.15, 0.2) is 0 Å². The monoisotopic (exact) mass is 655 g/mol. The molecule has 7 aromatic carbocycles. The van der Waals surface area contributed by atoms with Crippen LogP contribution in [-0.2, 0) is 6.42 Å². The largest absolute Gasteiger partial charge is 0.278 e. The first-order chi connectivity index (χ1) is 24.8. The fourth-order valence-corrected chi connectivity index (χ4v) is 8.37. The van der Waals surface area contributed by atoms with Crippen LogP contribution >= 0.6 is 11.8 Å². The summed E-state index contributed by atoms with van der Waals surface area (Å²) in [5, 5.41) is 5.91. The van der Waals surface area contributed by atoms with E-state index in [-0.39, 0.29) is 0 Å². The van der Waals surface area contributed by atoms with E-state index in [2.05, 4.69) is 174 Å². The molecule has 0 aliphatic carbocycles. The summed E-state index contributed by atoms with van der Waals surface area (Å²) in [4.78, 5) is 13.0. The number of allylic oxidation sites excluding steroid dienone is 1. The van der Waals surface area contributed by atoms with Gasteiger partial charge in [0.1, 0.15) is 0 Å². The Morgan fingerprint density at radius 3 is 2.14 bits per heavy atom. The summed E-state index contributed by atoms with van der Waals surface area (Å²) in [5.41, 5.74) is 13.5. The fourth-order valence-electron chi connectivity index (χ4n) is 7.30. The van der Waals surface area contributed by atoms with Crippen molar-refractivity contribution < 1.29 is 0 Å². The van der Waals surface area contributed by atoms with Gasteiger partial charge in [-0.15, -0.1) is 5.73 Å². The van der Waals surface area contributed by atoms with Gasteiger partial charge in [0.25, 0.3) is 0 Å². The first-order valence-electron chi connectivity index (χ1n) is 16.9. The van der Waals surface area contributed by atoms with E-state index in [4.69, 9.17) is 9.97 Å². The van der Waals surface area contributed by atoms with Crippen LogP contribution in [0.4, 0.5) is 0 Å². The van der Waals surface area contributed by atoms with E-state index in [1.165, 1.54) is 48.7 Å². The van der Waals surface area contributed by atoms with Crippen LogP contribution in [0.15, 0.2) is 174 Å². The number of hydrogen-bond acceptors (Lipinski definition) is 3. The molecule has 0 saturated carbocycles. The lowest BCUT2D eigenvalue weighted by Gasteiger charge is -2.13. The normalized spacial score (nSPS) is 12.8. The Kier molecular flexibility index (Phi) is 6.76. The van der Waals surface area contributed by atoms with Crippen LogP contribution in [-0.4, -0.2) is 14.5 Å². The molecule has 1 aliphatic heterocycles. The Bertz CT molecular complexity index is 2840. The van der Waals surface area contributed by atoms with Crippen molar-refractivity contribution in [2.24, 2.45) is 0 Å². The summed E-state index contributed by atoms with van der Waals surface area (Å²) >= 11 is 1.79. The molecule has 0 amide bonds. The second-order valence-electron chi connectivity index (χ2n) is 12.7. The van der Waals surface area contributed by atoms with Crippen LogP contribution in [0.2, 0.25) is 0 Å². The maximum Gasteiger partial charge on any atom is 0.235 e. The zero-order chi connectivity index (χ0) is 33.0. The zero-order valence-corrected chi connectivity index (χ0v) is 27.9. The molecule has 4 heteroatoms. The smallest absolute Gasteiger partial charge is 0.235 e. The third kappa shape index (κ3) is 4.77. The summed E-state index contributed by atoms with van der Waals surface area (Å²) in [7, 11) is 0. The maximum atomic E-state index is 5.37. The lowest BCUT2D eigenvalue weighted by atomic mass is 9.96. The molecule has 9 aromatic rings. The SMILES string of the molecule is C1=CCc2cc3c(cc2SC=1c1ccccc1)c1ccccc1n3-c1nc(-c2ccc(-c3cccc4ccccc34)cc2)c2ccccc2n1. The molecule has 0 fully saturated rings. The third-order valence-corrected chi connectivity index (χ3v) is 10.9. The second kappa shape index (κ2) is 11.7. The van der Waals surface area contributed by atoms with Gasteiger partial charge in [-0.3, -0.25) is 4.57 Å². The number of aromatic nitrogens is 3. The summed E-state index contributed by atoms with van der Waals surface area (Å²) in [5.74, 6) is 0.669. The van der Waals surface area contributed by atoms with Crippen LogP contribution in [0.25, 0.3) is 76.7 Å². The average Bonchev–Trinajstić information content (AvgIpc) is 3.34. The number of hydrogen-bond donors (Lipinski definition) is 0. The van der Waals surface area contributed by atoms with Gasteiger partial charge in [0, 0.05) is 26.6 Å². The highest BCUT2D eigenvalue weighted by Gasteiger charge is 2.20. The number of rotatable bonds is 4. The Morgan fingerprint density at radius 1 is 0.540 bits per heavy atom. The predicted molar refractivity (Wildman–Crippen MR) is 210 cm³/mol. The molecule has 0 bridgehead atoms. The quantitative estimate of drug-likeness (QED) is 0.177. The number of benzene rings is 7. The molecule has 0 atom stereocenters. The molecular formula is C46H29N3S. The molecule has 2 aromatic heterocycles. The summed E-state index contributed by atoms with van der Waals surface area (Å²) < 4.78 is 2.25. The van der Waals surface area contributed by atoms with Crippen LogP contribution in [0, 0.1) is 0 Å². The Morgan fingerprint density at radius 2 is 1.26 bits per heavy atom. The van der Waals surface area contributed by atoms with Gasteiger partial charge in [-0.05, 0) is 69.8 Å². The number of fused-ring (bicyclic) bond motifs is 6. The molecule has 0 unspecified atom stereocenters. The van der Waals surface area contributed by atoms with Crippen molar-refractivity contribution in [3.05, 3.63) is 181 Å². The van der Waals surface area contributed by atoms with Crippen LogP contribution in [0.1, 0.15) is 11.1 Å².